The van der Waals surface area contributed by atoms with Gasteiger partial charge in [0.15, 0.2) is 6.29 Å². The van der Waals surface area contributed by atoms with Gasteiger partial charge in [-0.05, 0) is 6.07 Å². The van der Waals surface area contributed by atoms with E-state index in [1.54, 1.807) is 0 Å². The van der Waals surface area contributed by atoms with E-state index in [0.717, 1.165) is 6.20 Å². The van der Waals surface area contributed by atoms with Crippen LogP contribution in [0.5, 0.6) is 0 Å². The third kappa shape index (κ3) is 4.64. The normalized spacial score (nSPS) is 30.1. The maximum Gasteiger partial charge on any atom is 0.433 e. The van der Waals surface area contributed by atoms with Crippen LogP contribution < -0.4 is 5.32 Å². The highest BCUT2D eigenvalue weighted by Crippen LogP contribution is 2.29. The van der Waals surface area contributed by atoms with E-state index in [0.29, 0.717) is 6.07 Å². The Bertz CT molecular complexity index is 589. The van der Waals surface area contributed by atoms with E-state index in [9.17, 15) is 28.5 Å². The maximum absolute atomic E-state index is 12.7. The maximum atomic E-state index is 12.7. The van der Waals surface area contributed by atoms with Crippen LogP contribution in [0.4, 0.5) is 19.1 Å². The lowest BCUT2D eigenvalue weighted by Gasteiger charge is -2.42. The second-order valence-electron chi connectivity index (χ2n) is 5.26. The van der Waals surface area contributed by atoms with Crippen molar-refractivity contribution in [1.82, 2.24) is 9.97 Å². The molecule has 0 aromatic carbocycles. The SMILES string of the molecule is C=CCO[C@H]1O[C@H](CO)[C@H](O)[C@H](O)[C@H]1Nc1nccc(C(F)(F)F)n1. The third-order valence-electron chi connectivity index (χ3n) is 3.50. The predicted octanol–water partition coefficient (Wildman–Crippen LogP) is -0.0825. The lowest BCUT2D eigenvalue weighted by Crippen LogP contribution is -2.61. The number of nitrogens with zero attached hydrogens (tertiary/aromatic N) is 2. The van der Waals surface area contributed by atoms with Gasteiger partial charge in [-0.2, -0.15) is 13.2 Å². The summed E-state index contributed by atoms with van der Waals surface area (Å²) in [5.41, 5.74) is -1.17. The first kappa shape index (κ1) is 19.5. The summed E-state index contributed by atoms with van der Waals surface area (Å²) in [4.78, 5) is 7.00. The predicted molar refractivity (Wildman–Crippen MR) is 78.4 cm³/mol. The number of anilines is 1. The van der Waals surface area contributed by atoms with Crippen molar-refractivity contribution in [3.05, 3.63) is 30.6 Å². The van der Waals surface area contributed by atoms with Crippen molar-refractivity contribution in [3.8, 4) is 0 Å². The Morgan fingerprint density at radius 1 is 1.36 bits per heavy atom. The Labute approximate surface area is 140 Å². The first-order chi connectivity index (χ1) is 11.8. The van der Waals surface area contributed by atoms with Gasteiger partial charge in [0.25, 0.3) is 0 Å². The monoisotopic (exact) mass is 365 g/mol. The van der Waals surface area contributed by atoms with Crippen LogP contribution in [0.1, 0.15) is 5.69 Å². The Balaban J connectivity index is 2.22. The van der Waals surface area contributed by atoms with Crippen molar-refractivity contribution >= 4 is 5.95 Å². The molecule has 5 atom stereocenters. The molecule has 4 N–H and O–H groups in total. The molecule has 0 radical (unpaired) electrons. The molecule has 0 amide bonds. The topological polar surface area (TPSA) is 117 Å². The standard InChI is InChI=1S/C14H18F3N3O5/c1-2-5-24-12-9(11(23)10(22)7(6-21)25-12)20-13-18-4-3-8(19-13)14(15,16)17/h2-4,7,9-12,21-23H,1,5-6H2,(H,18,19,20)/t7-,9-,10+,11-,12+/m1/s1. The zero-order valence-electron chi connectivity index (χ0n) is 12.9. The Morgan fingerprint density at radius 2 is 2.08 bits per heavy atom. The number of hydrogen-bond acceptors (Lipinski definition) is 8. The summed E-state index contributed by atoms with van der Waals surface area (Å²) in [5, 5.41) is 31.8. The summed E-state index contributed by atoms with van der Waals surface area (Å²) in [5.74, 6) is -0.427. The highest BCUT2D eigenvalue weighted by molar-refractivity contribution is 5.29. The fourth-order valence-electron chi connectivity index (χ4n) is 2.28. The minimum Gasteiger partial charge on any atom is -0.394 e. The molecule has 1 aromatic rings. The van der Waals surface area contributed by atoms with Crippen molar-refractivity contribution < 1.29 is 38.0 Å². The fraction of sp³-hybridized carbons (Fsp3) is 0.571. The van der Waals surface area contributed by atoms with Gasteiger partial charge in [0.1, 0.15) is 30.0 Å². The van der Waals surface area contributed by atoms with Gasteiger partial charge in [0.2, 0.25) is 5.95 Å². The second-order valence-corrected chi connectivity index (χ2v) is 5.26. The zero-order valence-corrected chi connectivity index (χ0v) is 12.9. The molecule has 0 unspecified atom stereocenters. The number of aliphatic hydroxyl groups is 3. The highest BCUT2D eigenvalue weighted by Gasteiger charge is 2.45. The van der Waals surface area contributed by atoms with Gasteiger partial charge in [0.05, 0.1) is 13.2 Å². The molecular weight excluding hydrogens is 347 g/mol. The molecule has 0 aliphatic carbocycles. The number of halogens is 3. The molecule has 1 aromatic heterocycles. The number of aliphatic hydroxyl groups excluding tert-OH is 3. The van der Waals surface area contributed by atoms with Crippen LogP contribution in [0, 0.1) is 0 Å². The van der Waals surface area contributed by atoms with Crippen LogP contribution in [0.25, 0.3) is 0 Å². The molecule has 2 rings (SSSR count). The van der Waals surface area contributed by atoms with E-state index in [1.165, 1.54) is 6.08 Å². The van der Waals surface area contributed by atoms with Crippen LogP contribution in [0.2, 0.25) is 0 Å². The number of ether oxygens (including phenoxy) is 2. The number of nitrogens with one attached hydrogen (secondary N) is 1. The van der Waals surface area contributed by atoms with Gasteiger partial charge >= 0.3 is 6.18 Å². The Hall–Kier alpha value is -1.79. The summed E-state index contributed by atoms with van der Waals surface area (Å²) in [6, 6.07) is -0.484. The van der Waals surface area contributed by atoms with Gasteiger partial charge in [-0.25, -0.2) is 9.97 Å². The largest absolute Gasteiger partial charge is 0.433 e. The average Bonchev–Trinajstić information content (AvgIpc) is 2.58. The number of alkyl halides is 3. The second kappa shape index (κ2) is 8.06. The van der Waals surface area contributed by atoms with Crippen molar-refractivity contribution in [2.75, 3.05) is 18.5 Å². The molecule has 0 spiro atoms. The molecule has 11 heteroatoms. The molecule has 1 saturated heterocycles. The smallest absolute Gasteiger partial charge is 0.394 e. The molecule has 1 fully saturated rings. The molecule has 1 aliphatic heterocycles. The van der Waals surface area contributed by atoms with Crippen molar-refractivity contribution in [2.45, 2.75) is 36.8 Å². The van der Waals surface area contributed by atoms with Gasteiger partial charge in [0, 0.05) is 6.20 Å². The quantitative estimate of drug-likeness (QED) is 0.517. The molecule has 8 nitrogen and oxygen atoms in total. The Kier molecular flexibility index (Phi) is 6.30. The number of hydrogen-bond donors (Lipinski definition) is 4. The summed E-state index contributed by atoms with van der Waals surface area (Å²) in [7, 11) is 0. The lowest BCUT2D eigenvalue weighted by molar-refractivity contribution is -0.259. The average molecular weight is 365 g/mol. The summed E-state index contributed by atoms with van der Waals surface area (Å²) >= 11 is 0. The first-order valence-corrected chi connectivity index (χ1v) is 7.29. The summed E-state index contributed by atoms with van der Waals surface area (Å²) < 4.78 is 48.8. The van der Waals surface area contributed by atoms with E-state index in [-0.39, 0.29) is 6.61 Å². The summed E-state index contributed by atoms with van der Waals surface area (Å²) in [6.07, 6.45) is -7.68. The number of rotatable bonds is 6. The van der Waals surface area contributed by atoms with Crippen molar-refractivity contribution in [1.29, 1.82) is 0 Å². The van der Waals surface area contributed by atoms with Crippen molar-refractivity contribution in [3.63, 3.8) is 0 Å². The minimum atomic E-state index is -4.67. The molecule has 2 heterocycles. The van der Waals surface area contributed by atoms with Gasteiger partial charge in [-0.15, -0.1) is 6.58 Å². The van der Waals surface area contributed by atoms with Crippen LogP contribution >= 0.6 is 0 Å². The molecular formula is C14H18F3N3O5. The van der Waals surface area contributed by atoms with Crippen molar-refractivity contribution in [2.24, 2.45) is 0 Å². The summed E-state index contributed by atoms with van der Waals surface area (Å²) in [6.45, 7) is 2.88. The zero-order chi connectivity index (χ0) is 18.6. The molecule has 25 heavy (non-hydrogen) atoms. The van der Waals surface area contributed by atoms with Crippen LogP contribution in [-0.2, 0) is 15.7 Å². The minimum absolute atomic E-state index is 0.00720. The molecule has 1 aliphatic rings. The molecule has 0 saturated carbocycles. The third-order valence-corrected chi connectivity index (χ3v) is 3.50. The first-order valence-electron chi connectivity index (χ1n) is 7.29. The molecule has 0 bridgehead atoms. The Morgan fingerprint density at radius 3 is 2.68 bits per heavy atom. The van der Waals surface area contributed by atoms with Gasteiger partial charge < -0.3 is 30.1 Å². The molecule has 140 valence electrons. The van der Waals surface area contributed by atoms with E-state index in [1.807, 2.05) is 0 Å². The van der Waals surface area contributed by atoms with E-state index >= 15 is 0 Å². The van der Waals surface area contributed by atoms with Crippen LogP contribution in [-0.4, -0.2) is 69.1 Å². The van der Waals surface area contributed by atoms with E-state index in [4.69, 9.17) is 9.47 Å². The van der Waals surface area contributed by atoms with Gasteiger partial charge in [-0.3, -0.25) is 0 Å². The number of aromatic nitrogens is 2. The fourth-order valence-corrected chi connectivity index (χ4v) is 2.28. The highest BCUT2D eigenvalue weighted by atomic mass is 19.4. The van der Waals surface area contributed by atoms with E-state index < -0.39 is 55.1 Å². The lowest BCUT2D eigenvalue weighted by atomic mass is 9.97. The van der Waals surface area contributed by atoms with E-state index in [2.05, 4.69) is 21.9 Å². The van der Waals surface area contributed by atoms with Crippen LogP contribution in [0.3, 0.4) is 0 Å². The van der Waals surface area contributed by atoms with Gasteiger partial charge in [-0.1, -0.05) is 6.08 Å². The van der Waals surface area contributed by atoms with Crippen LogP contribution in [0.15, 0.2) is 24.9 Å².